The first-order valence-corrected chi connectivity index (χ1v) is 20.1. The van der Waals surface area contributed by atoms with Crippen molar-refractivity contribution in [3.8, 4) is 0 Å². The van der Waals surface area contributed by atoms with Gasteiger partial charge in [-0.25, -0.2) is 9.36 Å². The van der Waals surface area contributed by atoms with Crippen LogP contribution in [0.3, 0.4) is 0 Å². The molecule has 12 heteroatoms. The summed E-state index contributed by atoms with van der Waals surface area (Å²) >= 11 is 0. The largest absolute Gasteiger partial charge is 0.469 e. The van der Waals surface area contributed by atoms with Crippen LogP contribution in [-0.4, -0.2) is 57.5 Å². The summed E-state index contributed by atoms with van der Waals surface area (Å²) in [6.07, 6.45) is 21.6. The van der Waals surface area contributed by atoms with Crippen LogP contribution in [-0.2, 0) is 23.3 Å². The molecule has 0 bridgehead atoms. The van der Waals surface area contributed by atoms with E-state index < -0.39 is 43.6 Å². The third-order valence-electron chi connectivity index (χ3n) is 8.97. The van der Waals surface area contributed by atoms with Gasteiger partial charge in [-0.1, -0.05) is 117 Å². The van der Waals surface area contributed by atoms with E-state index in [1.165, 1.54) is 94.2 Å². The van der Waals surface area contributed by atoms with E-state index in [2.05, 4.69) is 18.8 Å². The highest BCUT2D eigenvalue weighted by atomic mass is 31.2. The van der Waals surface area contributed by atoms with Crippen molar-refractivity contribution in [3.63, 3.8) is 0 Å². The van der Waals surface area contributed by atoms with Gasteiger partial charge in [-0.2, -0.15) is 0 Å². The van der Waals surface area contributed by atoms with Crippen LogP contribution < -0.4 is 11.2 Å². The van der Waals surface area contributed by atoms with E-state index in [9.17, 15) is 23.9 Å². The number of phosphoric acid groups is 1. The molecule has 274 valence electrons. The Balaban J connectivity index is 1.91. The summed E-state index contributed by atoms with van der Waals surface area (Å²) in [5.74, 6) is 0. The highest BCUT2D eigenvalue weighted by molar-refractivity contribution is 7.46. The monoisotopic (exact) mass is 688 g/mol. The van der Waals surface area contributed by atoms with Crippen molar-refractivity contribution in [2.24, 2.45) is 0 Å². The molecule has 3 N–H and O–H groups in total. The smallest absolute Gasteiger partial charge is 0.379 e. The fourth-order valence-electron chi connectivity index (χ4n) is 6.20. The minimum absolute atomic E-state index is 0.178. The first-order chi connectivity index (χ1) is 22.6. The Morgan fingerprint density at radius 3 is 1.94 bits per heavy atom. The molecule has 4 atom stereocenters. The lowest BCUT2D eigenvalue weighted by atomic mass is 10.0. The minimum atomic E-state index is -4.85. The van der Waals surface area contributed by atoms with Crippen LogP contribution in [0.25, 0.3) is 0 Å². The van der Waals surface area contributed by atoms with Gasteiger partial charge in [-0.3, -0.25) is 18.9 Å². The van der Waals surface area contributed by atoms with E-state index in [1.54, 1.807) is 6.92 Å². The number of aromatic amines is 1. The molecule has 2 rings (SSSR count). The van der Waals surface area contributed by atoms with E-state index in [0.717, 1.165) is 32.1 Å². The Labute approximate surface area is 282 Å². The van der Waals surface area contributed by atoms with Gasteiger partial charge in [0.2, 0.25) is 0 Å². The van der Waals surface area contributed by atoms with Gasteiger partial charge < -0.3 is 24.0 Å². The lowest BCUT2D eigenvalue weighted by Gasteiger charge is -2.28. The van der Waals surface area contributed by atoms with E-state index in [4.69, 9.17) is 18.7 Å². The third kappa shape index (κ3) is 18.9. The first-order valence-electron chi connectivity index (χ1n) is 18.5. The minimum Gasteiger partial charge on any atom is -0.379 e. The first kappa shape index (κ1) is 41.8. The summed E-state index contributed by atoms with van der Waals surface area (Å²) in [6.45, 7) is 7.49. The topological polar surface area (TPSA) is 149 Å². The molecule has 0 spiro atoms. The number of hydrogen-bond donors (Lipinski definition) is 3. The number of aryl methyl sites for hydroxylation is 1. The third-order valence-corrected chi connectivity index (χ3v) is 9.51. The van der Waals surface area contributed by atoms with Crippen LogP contribution in [0.5, 0.6) is 0 Å². The van der Waals surface area contributed by atoms with Crippen LogP contribution in [0.1, 0.15) is 160 Å². The van der Waals surface area contributed by atoms with Crippen LogP contribution in [0.2, 0.25) is 0 Å². The van der Waals surface area contributed by atoms with Crippen molar-refractivity contribution in [1.82, 2.24) is 9.55 Å². The molecule has 1 aliphatic heterocycles. The van der Waals surface area contributed by atoms with Gasteiger partial charge in [0, 0.05) is 31.4 Å². The SMILES string of the molecule is CCCCCCCCCCCCOCC(CC(OP(=O)(O)O)[C@@H]1CC[C@H](n2cc(C)c(=O)[nH]c2=O)O1)OCCCCCCCCCC. The van der Waals surface area contributed by atoms with Gasteiger partial charge in [0.05, 0.1) is 24.9 Å². The molecule has 1 aromatic rings. The van der Waals surface area contributed by atoms with Gasteiger partial charge >= 0.3 is 13.5 Å². The van der Waals surface area contributed by atoms with Crippen LogP contribution in [0.4, 0.5) is 0 Å². The van der Waals surface area contributed by atoms with Crippen LogP contribution >= 0.6 is 7.82 Å². The number of rotatable bonds is 29. The second kappa shape index (κ2) is 24.7. The highest BCUT2D eigenvalue weighted by Gasteiger charge is 2.38. The Morgan fingerprint density at radius 2 is 1.38 bits per heavy atom. The molecule has 1 fully saturated rings. The normalized spacial score (nSPS) is 18.1. The van der Waals surface area contributed by atoms with Gasteiger partial charge in [0.1, 0.15) is 6.23 Å². The fraction of sp³-hybridized carbons (Fsp3) is 0.886. The van der Waals surface area contributed by atoms with Crippen molar-refractivity contribution in [3.05, 3.63) is 32.6 Å². The van der Waals surface area contributed by atoms with Crippen molar-refractivity contribution < 1.29 is 33.1 Å². The standard InChI is InChI=1S/C35H65N2O9P/c1-4-6-8-10-12-14-15-16-18-20-24-43-28-30(44-25-21-19-17-13-11-9-7-5-2)26-32(46-47(40,41)42)31-22-23-33(45-31)37-27-29(3)34(38)36-35(37)39/h27,30-33H,4-26,28H2,1-3H3,(H,36,38,39)(H2,40,41,42)/t30?,31-,32?,33+/m0/s1. The lowest BCUT2D eigenvalue weighted by Crippen LogP contribution is -2.37. The molecule has 11 nitrogen and oxygen atoms in total. The zero-order valence-electron chi connectivity index (χ0n) is 29.5. The molecule has 0 radical (unpaired) electrons. The van der Waals surface area contributed by atoms with Crippen molar-refractivity contribution in [1.29, 1.82) is 0 Å². The molecule has 47 heavy (non-hydrogen) atoms. The Morgan fingerprint density at radius 1 is 0.851 bits per heavy atom. The highest BCUT2D eigenvalue weighted by Crippen LogP contribution is 2.42. The maximum absolute atomic E-state index is 12.4. The van der Waals surface area contributed by atoms with Crippen molar-refractivity contribution in [2.75, 3.05) is 19.8 Å². The molecule has 1 aliphatic rings. The molecule has 1 aromatic heterocycles. The van der Waals surface area contributed by atoms with E-state index in [0.29, 0.717) is 38.2 Å². The molecule has 0 saturated carbocycles. The predicted molar refractivity (Wildman–Crippen MR) is 186 cm³/mol. The summed E-state index contributed by atoms with van der Waals surface area (Å²) in [7, 11) is -4.85. The number of hydrogen-bond acceptors (Lipinski definition) is 7. The maximum atomic E-state index is 12.4. The summed E-state index contributed by atoms with van der Waals surface area (Å²) in [4.78, 5) is 46.1. The summed E-state index contributed by atoms with van der Waals surface area (Å²) < 4.78 is 37.0. The second-order valence-corrected chi connectivity index (χ2v) is 14.5. The van der Waals surface area contributed by atoms with Gasteiger partial charge in [-0.15, -0.1) is 0 Å². The summed E-state index contributed by atoms with van der Waals surface area (Å²) in [5.41, 5.74) is -0.683. The van der Waals surface area contributed by atoms with Gasteiger partial charge in [0.15, 0.2) is 0 Å². The molecule has 0 amide bonds. The number of H-pyrrole nitrogens is 1. The average molecular weight is 689 g/mol. The molecule has 1 saturated heterocycles. The number of aromatic nitrogens is 2. The molecule has 2 heterocycles. The van der Waals surface area contributed by atoms with Crippen molar-refractivity contribution in [2.45, 2.75) is 180 Å². The number of unbranched alkanes of at least 4 members (excludes halogenated alkanes) is 16. The summed E-state index contributed by atoms with van der Waals surface area (Å²) in [6, 6.07) is 0. The zero-order valence-corrected chi connectivity index (χ0v) is 30.4. The molecule has 0 aliphatic carbocycles. The molecular weight excluding hydrogens is 623 g/mol. The predicted octanol–water partition coefficient (Wildman–Crippen LogP) is 7.85. The number of phosphoric ester groups is 1. The Hall–Kier alpha value is -1.33. The quantitative estimate of drug-likeness (QED) is 0.0565. The summed E-state index contributed by atoms with van der Waals surface area (Å²) in [5, 5.41) is 0. The number of nitrogens with zero attached hydrogens (tertiary/aromatic N) is 1. The number of nitrogens with one attached hydrogen (secondary N) is 1. The van der Waals surface area contributed by atoms with Crippen LogP contribution in [0.15, 0.2) is 15.8 Å². The van der Waals surface area contributed by atoms with Gasteiger partial charge in [0.25, 0.3) is 5.56 Å². The van der Waals surface area contributed by atoms with E-state index in [1.807, 2.05) is 0 Å². The maximum Gasteiger partial charge on any atom is 0.469 e. The average Bonchev–Trinajstić information content (AvgIpc) is 3.51. The molecule has 0 aromatic carbocycles. The Kier molecular flexibility index (Phi) is 22.0. The fourth-order valence-corrected chi connectivity index (χ4v) is 6.77. The molecule has 2 unspecified atom stereocenters. The zero-order chi connectivity index (χ0) is 34.3. The Bertz CT molecular complexity index is 1110. The van der Waals surface area contributed by atoms with E-state index in [-0.39, 0.29) is 6.42 Å². The number of ether oxygens (including phenoxy) is 3. The van der Waals surface area contributed by atoms with E-state index >= 15 is 0 Å². The van der Waals surface area contributed by atoms with Gasteiger partial charge in [-0.05, 0) is 32.6 Å². The van der Waals surface area contributed by atoms with Crippen molar-refractivity contribution >= 4 is 7.82 Å². The molecular formula is C35H65N2O9P. The second-order valence-electron chi connectivity index (χ2n) is 13.3. The lowest BCUT2D eigenvalue weighted by molar-refractivity contribution is -0.0895. The van der Waals surface area contributed by atoms with Crippen LogP contribution in [0, 0.1) is 6.92 Å².